The molecule has 1 aromatic heterocycles. The fraction of sp³-hybridized carbons (Fsp3) is 0.333. The highest BCUT2D eigenvalue weighted by atomic mass is 35.5. The topological polar surface area (TPSA) is 47.0 Å². The van der Waals surface area contributed by atoms with E-state index in [9.17, 15) is 0 Å². The normalized spacial score (nSPS) is 10.4. The molecule has 2 aromatic rings. The van der Waals surface area contributed by atoms with Crippen molar-refractivity contribution >= 4 is 17.5 Å². The third-order valence-electron chi connectivity index (χ3n) is 3.01. The van der Waals surface area contributed by atoms with Crippen LogP contribution in [0.4, 0.5) is 5.95 Å². The largest absolute Gasteiger partial charge is 0.437 e. The Balaban J connectivity index is 2.26. The van der Waals surface area contributed by atoms with E-state index in [4.69, 9.17) is 16.3 Å². The van der Waals surface area contributed by atoms with Crippen LogP contribution >= 0.6 is 11.6 Å². The van der Waals surface area contributed by atoms with Gasteiger partial charge in [0.25, 0.3) is 0 Å². The van der Waals surface area contributed by atoms with E-state index in [-0.39, 0.29) is 0 Å². The Bertz CT molecular complexity index is 602. The van der Waals surface area contributed by atoms with Crippen molar-refractivity contribution in [1.29, 1.82) is 0 Å². The van der Waals surface area contributed by atoms with Gasteiger partial charge in [0, 0.05) is 6.54 Å². The lowest BCUT2D eigenvalue weighted by Gasteiger charge is -2.11. The second-order valence-corrected chi connectivity index (χ2v) is 4.98. The predicted octanol–water partition coefficient (Wildman–Crippen LogP) is 4.36. The van der Waals surface area contributed by atoms with Crippen molar-refractivity contribution in [2.24, 2.45) is 0 Å². The van der Waals surface area contributed by atoms with Crippen LogP contribution in [-0.4, -0.2) is 16.5 Å². The van der Waals surface area contributed by atoms with Gasteiger partial charge in [0.15, 0.2) is 0 Å². The number of rotatable bonds is 5. The first-order chi connectivity index (χ1) is 9.61. The number of hydrogen-bond donors (Lipinski definition) is 1. The monoisotopic (exact) mass is 291 g/mol. The van der Waals surface area contributed by atoms with Gasteiger partial charge < -0.3 is 10.1 Å². The molecule has 0 saturated carbocycles. The Kier molecular flexibility index (Phi) is 4.79. The first-order valence-electron chi connectivity index (χ1n) is 6.62. The summed E-state index contributed by atoms with van der Waals surface area (Å²) in [6, 6.07) is 5.89. The Morgan fingerprint density at radius 2 is 2.10 bits per heavy atom. The molecule has 1 aromatic carbocycles. The Labute approximate surface area is 124 Å². The number of anilines is 1. The maximum Gasteiger partial charge on any atom is 0.243 e. The van der Waals surface area contributed by atoms with Gasteiger partial charge in [-0.1, -0.05) is 30.7 Å². The van der Waals surface area contributed by atoms with Gasteiger partial charge in [-0.05, 0) is 37.5 Å². The summed E-state index contributed by atoms with van der Waals surface area (Å²) in [7, 11) is 0. The highest BCUT2D eigenvalue weighted by Gasteiger charge is 2.10. The lowest BCUT2D eigenvalue weighted by Crippen LogP contribution is -2.05. The number of halogens is 1. The third-order valence-corrected chi connectivity index (χ3v) is 3.27. The quantitative estimate of drug-likeness (QED) is 0.889. The van der Waals surface area contributed by atoms with Crippen molar-refractivity contribution in [3.8, 4) is 11.6 Å². The Morgan fingerprint density at radius 1 is 1.30 bits per heavy atom. The number of hydrogen-bond acceptors (Lipinski definition) is 4. The second kappa shape index (κ2) is 6.57. The molecule has 1 heterocycles. The average Bonchev–Trinajstić information content (AvgIpc) is 2.44. The molecule has 0 unspecified atom stereocenters. The summed E-state index contributed by atoms with van der Waals surface area (Å²) in [5.41, 5.74) is 2.24. The standard InChI is InChI=1S/C15H18ClN3O/c1-4-8-17-15-18-9-12(16)14(19-15)20-13-7-5-6-10(2)11(13)3/h5-7,9H,4,8H2,1-3H3,(H,17,18,19). The first kappa shape index (κ1) is 14.6. The van der Waals surface area contributed by atoms with Crippen LogP contribution in [0.25, 0.3) is 0 Å². The van der Waals surface area contributed by atoms with Crippen LogP contribution in [0.3, 0.4) is 0 Å². The van der Waals surface area contributed by atoms with Crippen LogP contribution in [0.1, 0.15) is 24.5 Å². The molecule has 2 rings (SSSR count). The molecule has 0 aliphatic heterocycles. The van der Waals surface area contributed by atoms with E-state index in [1.54, 1.807) is 6.20 Å². The second-order valence-electron chi connectivity index (χ2n) is 4.57. The van der Waals surface area contributed by atoms with Crippen molar-refractivity contribution in [2.45, 2.75) is 27.2 Å². The van der Waals surface area contributed by atoms with E-state index >= 15 is 0 Å². The van der Waals surface area contributed by atoms with Gasteiger partial charge in [-0.25, -0.2) is 4.98 Å². The third kappa shape index (κ3) is 3.39. The minimum atomic E-state index is 0.369. The summed E-state index contributed by atoms with van der Waals surface area (Å²) >= 11 is 6.09. The number of nitrogens with one attached hydrogen (secondary N) is 1. The molecule has 0 atom stereocenters. The SMILES string of the molecule is CCCNc1ncc(Cl)c(Oc2cccc(C)c2C)n1. The highest BCUT2D eigenvalue weighted by molar-refractivity contribution is 6.31. The zero-order chi connectivity index (χ0) is 14.5. The molecule has 0 aliphatic rings. The van der Waals surface area contributed by atoms with Crippen molar-refractivity contribution in [3.05, 3.63) is 40.5 Å². The van der Waals surface area contributed by atoms with Crippen LogP contribution in [0.2, 0.25) is 5.02 Å². The molecule has 0 amide bonds. The van der Waals surface area contributed by atoms with E-state index in [1.807, 2.05) is 32.0 Å². The summed E-state index contributed by atoms with van der Waals surface area (Å²) in [6.07, 6.45) is 2.55. The molecule has 106 valence electrons. The molecular weight excluding hydrogens is 274 g/mol. The van der Waals surface area contributed by atoms with Crippen LogP contribution in [0.5, 0.6) is 11.6 Å². The summed E-state index contributed by atoms with van der Waals surface area (Å²) in [5, 5.41) is 3.51. The molecular formula is C15H18ClN3O. The average molecular weight is 292 g/mol. The lowest BCUT2D eigenvalue weighted by atomic mass is 10.1. The first-order valence-corrected chi connectivity index (χ1v) is 7.00. The Hall–Kier alpha value is -1.81. The van der Waals surface area contributed by atoms with Crippen molar-refractivity contribution < 1.29 is 4.74 Å². The van der Waals surface area contributed by atoms with Gasteiger partial charge in [0.1, 0.15) is 10.8 Å². The Morgan fingerprint density at radius 3 is 2.85 bits per heavy atom. The molecule has 0 fully saturated rings. The fourth-order valence-electron chi connectivity index (χ4n) is 1.68. The number of ether oxygens (including phenoxy) is 1. The summed E-state index contributed by atoms with van der Waals surface area (Å²) in [5.74, 6) is 1.65. The van der Waals surface area contributed by atoms with Crippen LogP contribution < -0.4 is 10.1 Å². The molecule has 4 nitrogen and oxygen atoms in total. The highest BCUT2D eigenvalue weighted by Crippen LogP contribution is 2.30. The summed E-state index contributed by atoms with van der Waals surface area (Å²) in [4.78, 5) is 8.42. The molecule has 0 spiro atoms. The van der Waals surface area contributed by atoms with Crippen molar-refractivity contribution in [2.75, 3.05) is 11.9 Å². The van der Waals surface area contributed by atoms with Gasteiger partial charge in [-0.3, -0.25) is 0 Å². The molecule has 1 N–H and O–H groups in total. The van der Waals surface area contributed by atoms with E-state index in [0.717, 1.165) is 29.8 Å². The minimum absolute atomic E-state index is 0.369. The van der Waals surface area contributed by atoms with E-state index in [1.165, 1.54) is 0 Å². The zero-order valence-electron chi connectivity index (χ0n) is 11.9. The number of aryl methyl sites for hydroxylation is 1. The van der Waals surface area contributed by atoms with Crippen LogP contribution in [-0.2, 0) is 0 Å². The van der Waals surface area contributed by atoms with E-state index < -0.39 is 0 Å². The maximum atomic E-state index is 6.09. The van der Waals surface area contributed by atoms with Gasteiger partial charge in [0.2, 0.25) is 11.8 Å². The fourth-order valence-corrected chi connectivity index (χ4v) is 1.81. The van der Waals surface area contributed by atoms with E-state index in [2.05, 4.69) is 22.2 Å². The number of nitrogens with zero attached hydrogens (tertiary/aromatic N) is 2. The smallest absolute Gasteiger partial charge is 0.243 e. The van der Waals surface area contributed by atoms with Crippen LogP contribution in [0, 0.1) is 13.8 Å². The van der Waals surface area contributed by atoms with Crippen molar-refractivity contribution in [1.82, 2.24) is 9.97 Å². The van der Waals surface area contributed by atoms with Gasteiger partial charge in [0.05, 0.1) is 6.20 Å². The van der Waals surface area contributed by atoms with Crippen molar-refractivity contribution in [3.63, 3.8) is 0 Å². The zero-order valence-corrected chi connectivity index (χ0v) is 12.7. The summed E-state index contributed by atoms with van der Waals surface area (Å²) in [6.45, 7) is 6.94. The number of benzene rings is 1. The predicted molar refractivity (Wildman–Crippen MR) is 81.8 cm³/mol. The molecule has 0 bridgehead atoms. The molecule has 0 radical (unpaired) electrons. The maximum absolute atomic E-state index is 6.09. The van der Waals surface area contributed by atoms with Crippen LogP contribution in [0.15, 0.2) is 24.4 Å². The minimum Gasteiger partial charge on any atom is -0.437 e. The molecule has 0 aliphatic carbocycles. The lowest BCUT2D eigenvalue weighted by molar-refractivity contribution is 0.458. The van der Waals surface area contributed by atoms with E-state index in [0.29, 0.717) is 16.9 Å². The molecule has 5 heteroatoms. The van der Waals surface area contributed by atoms with Gasteiger partial charge in [-0.2, -0.15) is 4.98 Å². The summed E-state index contributed by atoms with van der Waals surface area (Å²) < 4.78 is 5.82. The molecule has 0 saturated heterocycles. The van der Waals surface area contributed by atoms with Gasteiger partial charge in [-0.15, -0.1) is 0 Å². The number of aromatic nitrogens is 2. The molecule has 20 heavy (non-hydrogen) atoms. The van der Waals surface area contributed by atoms with Gasteiger partial charge >= 0.3 is 0 Å².